The first-order valence-electron chi connectivity index (χ1n) is 9.58. The molecule has 2 aromatic rings. The maximum atomic E-state index is 12.0. The Morgan fingerprint density at radius 1 is 0.926 bits per heavy atom. The van der Waals surface area contributed by atoms with E-state index in [1.807, 2.05) is 36.4 Å². The van der Waals surface area contributed by atoms with Crippen molar-refractivity contribution in [3.8, 4) is 0 Å². The number of benzene rings is 2. The van der Waals surface area contributed by atoms with Crippen LogP contribution in [0.5, 0.6) is 0 Å². The molecule has 27 heavy (non-hydrogen) atoms. The predicted octanol–water partition coefficient (Wildman–Crippen LogP) is 2.38. The number of para-hydroxylation sites is 1. The largest absolute Gasteiger partial charge is 0.371 e. The summed E-state index contributed by atoms with van der Waals surface area (Å²) in [5.74, 6) is 0.415. The third kappa shape index (κ3) is 6.13. The van der Waals surface area contributed by atoms with Gasteiger partial charge in [-0.2, -0.15) is 0 Å². The normalized spacial score (nSPS) is 16.1. The molecule has 0 radical (unpaired) electrons. The zero-order valence-corrected chi connectivity index (χ0v) is 15.6. The van der Waals surface area contributed by atoms with E-state index in [0.29, 0.717) is 31.8 Å². The van der Waals surface area contributed by atoms with Gasteiger partial charge in [0.2, 0.25) is 11.8 Å². The summed E-state index contributed by atoms with van der Waals surface area (Å²) in [6, 6.07) is 20.0. The summed E-state index contributed by atoms with van der Waals surface area (Å²) in [4.78, 5) is 26.3. The van der Waals surface area contributed by atoms with Crippen LogP contribution in [0.25, 0.3) is 0 Å². The van der Waals surface area contributed by atoms with Gasteiger partial charge in [0.05, 0.1) is 6.42 Å². The molecular weight excluding hydrogens is 338 g/mol. The summed E-state index contributed by atoms with van der Waals surface area (Å²) in [7, 11) is 0. The molecule has 0 spiro atoms. The molecule has 0 aromatic heterocycles. The van der Waals surface area contributed by atoms with Gasteiger partial charge in [0, 0.05) is 38.3 Å². The summed E-state index contributed by atoms with van der Waals surface area (Å²) in [5, 5.41) is 5.81. The van der Waals surface area contributed by atoms with Gasteiger partial charge in [0.1, 0.15) is 0 Å². The van der Waals surface area contributed by atoms with Crippen LogP contribution in [0.4, 0.5) is 5.69 Å². The molecule has 1 atom stereocenters. The van der Waals surface area contributed by atoms with Crippen LogP contribution < -0.4 is 15.5 Å². The predicted molar refractivity (Wildman–Crippen MR) is 108 cm³/mol. The Bertz CT molecular complexity index is 734. The highest BCUT2D eigenvalue weighted by molar-refractivity contribution is 5.80. The molecular formula is C22H27N3O2. The smallest absolute Gasteiger partial charge is 0.224 e. The van der Waals surface area contributed by atoms with Crippen LogP contribution in [-0.4, -0.2) is 38.0 Å². The fourth-order valence-electron chi connectivity index (χ4n) is 3.38. The number of carbonyl (C=O) groups is 2. The number of rotatable bonds is 8. The molecule has 0 saturated carbocycles. The van der Waals surface area contributed by atoms with E-state index in [-0.39, 0.29) is 11.8 Å². The van der Waals surface area contributed by atoms with Crippen molar-refractivity contribution in [2.45, 2.75) is 19.3 Å². The number of hydrogen-bond acceptors (Lipinski definition) is 3. The molecule has 5 heteroatoms. The van der Waals surface area contributed by atoms with E-state index in [4.69, 9.17) is 0 Å². The van der Waals surface area contributed by atoms with Gasteiger partial charge in [-0.25, -0.2) is 0 Å². The maximum Gasteiger partial charge on any atom is 0.224 e. The number of amides is 2. The van der Waals surface area contributed by atoms with Crippen LogP contribution in [0.15, 0.2) is 60.7 Å². The van der Waals surface area contributed by atoms with Crippen molar-refractivity contribution >= 4 is 17.5 Å². The Morgan fingerprint density at radius 2 is 1.63 bits per heavy atom. The average Bonchev–Trinajstić information content (AvgIpc) is 3.17. The highest BCUT2D eigenvalue weighted by atomic mass is 16.2. The topological polar surface area (TPSA) is 61.4 Å². The van der Waals surface area contributed by atoms with Crippen molar-refractivity contribution in [2.24, 2.45) is 5.92 Å². The van der Waals surface area contributed by atoms with E-state index in [9.17, 15) is 9.59 Å². The highest BCUT2D eigenvalue weighted by Crippen LogP contribution is 2.22. The molecule has 1 aliphatic heterocycles. The van der Waals surface area contributed by atoms with Gasteiger partial charge in [-0.1, -0.05) is 48.5 Å². The molecule has 3 rings (SSSR count). The van der Waals surface area contributed by atoms with E-state index < -0.39 is 0 Å². The summed E-state index contributed by atoms with van der Waals surface area (Å²) >= 11 is 0. The van der Waals surface area contributed by atoms with E-state index in [1.54, 1.807) is 0 Å². The monoisotopic (exact) mass is 365 g/mol. The van der Waals surface area contributed by atoms with E-state index >= 15 is 0 Å². The lowest BCUT2D eigenvalue weighted by atomic mass is 10.1. The molecule has 0 aliphatic carbocycles. The van der Waals surface area contributed by atoms with E-state index in [0.717, 1.165) is 25.1 Å². The Morgan fingerprint density at radius 3 is 2.37 bits per heavy atom. The number of nitrogens with one attached hydrogen (secondary N) is 2. The quantitative estimate of drug-likeness (QED) is 0.755. The Kier molecular flexibility index (Phi) is 6.85. The van der Waals surface area contributed by atoms with Gasteiger partial charge in [-0.05, 0) is 30.0 Å². The van der Waals surface area contributed by atoms with E-state index in [1.165, 1.54) is 5.69 Å². The molecule has 2 N–H and O–H groups in total. The molecule has 2 aromatic carbocycles. The minimum atomic E-state index is -0.0525. The van der Waals surface area contributed by atoms with E-state index in [2.05, 4.69) is 39.8 Å². The van der Waals surface area contributed by atoms with Gasteiger partial charge < -0.3 is 15.5 Å². The van der Waals surface area contributed by atoms with Crippen molar-refractivity contribution in [2.75, 3.05) is 31.1 Å². The Hall–Kier alpha value is -2.82. The second-order valence-corrected chi connectivity index (χ2v) is 7.00. The Balaban J connectivity index is 1.29. The SMILES string of the molecule is O=C(CCNC(=O)Cc1ccccc1)NCC1CCN(c2ccccc2)C1. The van der Waals surface area contributed by atoms with Crippen molar-refractivity contribution in [3.63, 3.8) is 0 Å². The lowest BCUT2D eigenvalue weighted by Gasteiger charge is -2.18. The molecule has 1 unspecified atom stereocenters. The first kappa shape index (κ1) is 19.0. The van der Waals surface area contributed by atoms with Crippen molar-refractivity contribution in [3.05, 3.63) is 66.2 Å². The highest BCUT2D eigenvalue weighted by Gasteiger charge is 2.22. The third-order valence-corrected chi connectivity index (χ3v) is 4.88. The number of nitrogens with zero attached hydrogens (tertiary/aromatic N) is 1. The van der Waals surface area contributed by atoms with Crippen molar-refractivity contribution < 1.29 is 9.59 Å². The second-order valence-electron chi connectivity index (χ2n) is 7.00. The molecule has 1 fully saturated rings. The van der Waals surface area contributed by atoms with Crippen molar-refractivity contribution in [1.82, 2.24) is 10.6 Å². The first-order chi connectivity index (χ1) is 13.2. The molecule has 5 nitrogen and oxygen atoms in total. The molecule has 1 saturated heterocycles. The van der Waals surface area contributed by atoms with Gasteiger partial charge in [-0.15, -0.1) is 0 Å². The summed E-state index contributed by atoms with van der Waals surface area (Å²) < 4.78 is 0. The van der Waals surface area contributed by atoms with Crippen LogP contribution in [0.1, 0.15) is 18.4 Å². The van der Waals surface area contributed by atoms with Gasteiger partial charge in [0.25, 0.3) is 0 Å². The number of carbonyl (C=O) groups excluding carboxylic acids is 2. The number of hydrogen-bond donors (Lipinski definition) is 2. The van der Waals surface area contributed by atoms with Gasteiger partial charge in [0.15, 0.2) is 0 Å². The summed E-state index contributed by atoms with van der Waals surface area (Å²) in [6.07, 6.45) is 1.75. The van der Waals surface area contributed by atoms with Crippen LogP contribution in [0.3, 0.4) is 0 Å². The number of anilines is 1. The lowest BCUT2D eigenvalue weighted by molar-refractivity contribution is -0.122. The fraction of sp³-hybridized carbons (Fsp3) is 0.364. The zero-order valence-electron chi connectivity index (χ0n) is 15.6. The van der Waals surface area contributed by atoms with Crippen LogP contribution >= 0.6 is 0 Å². The third-order valence-electron chi connectivity index (χ3n) is 4.88. The summed E-state index contributed by atoms with van der Waals surface area (Å²) in [5.41, 5.74) is 2.22. The van der Waals surface area contributed by atoms with Crippen LogP contribution in [-0.2, 0) is 16.0 Å². The average molecular weight is 365 g/mol. The molecule has 2 amide bonds. The second kappa shape index (κ2) is 9.76. The van der Waals surface area contributed by atoms with Crippen LogP contribution in [0.2, 0.25) is 0 Å². The fourth-order valence-corrected chi connectivity index (χ4v) is 3.38. The standard InChI is InChI=1S/C22H27N3O2/c26-21(11-13-23-22(27)15-18-7-3-1-4-8-18)24-16-19-12-14-25(17-19)20-9-5-2-6-10-20/h1-10,19H,11-17H2,(H,23,27)(H,24,26). The molecule has 0 bridgehead atoms. The van der Waals surface area contributed by atoms with Gasteiger partial charge >= 0.3 is 0 Å². The lowest BCUT2D eigenvalue weighted by Crippen LogP contribution is -2.34. The van der Waals surface area contributed by atoms with Crippen LogP contribution in [0, 0.1) is 5.92 Å². The summed E-state index contributed by atoms with van der Waals surface area (Å²) in [6.45, 7) is 3.07. The minimum absolute atomic E-state index is 0.00632. The maximum absolute atomic E-state index is 12.0. The minimum Gasteiger partial charge on any atom is -0.371 e. The zero-order chi connectivity index (χ0) is 18.9. The molecule has 1 heterocycles. The Labute approximate surface area is 160 Å². The molecule has 1 aliphatic rings. The van der Waals surface area contributed by atoms with Gasteiger partial charge in [-0.3, -0.25) is 9.59 Å². The molecule has 142 valence electrons. The first-order valence-corrected chi connectivity index (χ1v) is 9.58. The van der Waals surface area contributed by atoms with Crippen molar-refractivity contribution in [1.29, 1.82) is 0 Å².